The molecule has 31 heavy (non-hydrogen) atoms. The summed E-state index contributed by atoms with van der Waals surface area (Å²) < 4.78 is 15.2. The van der Waals surface area contributed by atoms with E-state index >= 15 is 0 Å². The van der Waals surface area contributed by atoms with Gasteiger partial charge in [-0.3, -0.25) is 14.3 Å². The molecule has 0 radical (unpaired) electrons. The Kier molecular flexibility index (Phi) is 6.29. The molecule has 6 nitrogen and oxygen atoms in total. The normalized spacial score (nSPS) is 10.8. The third-order valence-electron chi connectivity index (χ3n) is 4.44. The van der Waals surface area contributed by atoms with Crippen molar-refractivity contribution in [2.24, 2.45) is 0 Å². The van der Waals surface area contributed by atoms with Crippen LogP contribution in [-0.2, 0) is 4.79 Å². The maximum Gasteiger partial charge on any atom is 0.234 e. The maximum atomic E-state index is 13.5. The minimum atomic E-state index is -0.340. The average Bonchev–Trinajstić information content (AvgIpc) is 3.20. The van der Waals surface area contributed by atoms with Crippen molar-refractivity contribution in [2.45, 2.75) is 12.1 Å². The van der Waals surface area contributed by atoms with Gasteiger partial charge in [0, 0.05) is 34.4 Å². The van der Waals surface area contributed by atoms with Crippen LogP contribution in [0.4, 0.5) is 10.1 Å². The summed E-state index contributed by atoms with van der Waals surface area (Å²) in [5.74, 6) is 0.139. The van der Waals surface area contributed by atoms with E-state index in [1.54, 1.807) is 41.2 Å². The van der Waals surface area contributed by atoms with E-state index in [1.165, 1.54) is 23.9 Å². The highest BCUT2D eigenvalue weighted by Gasteiger charge is 2.17. The highest BCUT2D eigenvalue weighted by molar-refractivity contribution is 7.99. The van der Waals surface area contributed by atoms with Crippen molar-refractivity contribution in [2.75, 3.05) is 11.1 Å². The van der Waals surface area contributed by atoms with Crippen molar-refractivity contribution < 1.29 is 9.18 Å². The first-order chi connectivity index (χ1) is 15.0. The van der Waals surface area contributed by atoms with Crippen molar-refractivity contribution in [3.63, 3.8) is 0 Å². The number of nitrogens with one attached hydrogen (secondary N) is 1. The Morgan fingerprint density at radius 2 is 1.84 bits per heavy atom. The maximum absolute atomic E-state index is 13.5. The summed E-state index contributed by atoms with van der Waals surface area (Å²) in [7, 11) is 0. The van der Waals surface area contributed by atoms with Gasteiger partial charge < -0.3 is 5.32 Å². The Morgan fingerprint density at radius 3 is 2.55 bits per heavy atom. The van der Waals surface area contributed by atoms with Gasteiger partial charge in [0.05, 0.1) is 5.75 Å². The van der Waals surface area contributed by atoms with Gasteiger partial charge in [0.1, 0.15) is 5.82 Å². The topological polar surface area (TPSA) is 72.7 Å². The van der Waals surface area contributed by atoms with Crippen LogP contribution in [0, 0.1) is 12.7 Å². The van der Waals surface area contributed by atoms with Crippen molar-refractivity contribution in [1.82, 2.24) is 19.7 Å². The van der Waals surface area contributed by atoms with E-state index in [2.05, 4.69) is 20.5 Å². The molecule has 0 unspecified atom stereocenters. The summed E-state index contributed by atoms with van der Waals surface area (Å²) in [6.45, 7) is 1.90. The van der Waals surface area contributed by atoms with Gasteiger partial charge in [0.15, 0.2) is 11.0 Å². The quantitative estimate of drug-likeness (QED) is 0.408. The lowest BCUT2D eigenvalue weighted by Gasteiger charge is -2.11. The molecule has 0 saturated carbocycles. The zero-order valence-corrected chi connectivity index (χ0v) is 18.0. The number of rotatable bonds is 6. The molecule has 2 aromatic heterocycles. The van der Waals surface area contributed by atoms with Gasteiger partial charge >= 0.3 is 0 Å². The first kappa shape index (κ1) is 21.0. The third-order valence-corrected chi connectivity index (χ3v) is 5.78. The molecule has 1 N–H and O–H groups in total. The third kappa shape index (κ3) is 4.92. The highest BCUT2D eigenvalue weighted by Crippen LogP contribution is 2.28. The summed E-state index contributed by atoms with van der Waals surface area (Å²) in [5.41, 5.74) is 3.05. The van der Waals surface area contributed by atoms with Crippen LogP contribution >= 0.6 is 23.4 Å². The molecular formula is C22H17ClFN5OS. The van der Waals surface area contributed by atoms with Gasteiger partial charge in [0.2, 0.25) is 5.91 Å². The summed E-state index contributed by atoms with van der Waals surface area (Å²) in [5, 5.41) is 12.5. The molecule has 0 saturated heterocycles. The van der Waals surface area contributed by atoms with E-state index in [0.29, 0.717) is 27.4 Å². The van der Waals surface area contributed by atoms with Crippen molar-refractivity contribution in [3.05, 3.63) is 83.4 Å². The number of pyridine rings is 1. The number of amides is 1. The number of thioether (sulfide) groups is 1. The second kappa shape index (κ2) is 9.28. The van der Waals surface area contributed by atoms with Crippen molar-refractivity contribution >= 4 is 35.0 Å². The first-order valence-corrected chi connectivity index (χ1v) is 10.7. The molecule has 156 valence electrons. The zero-order valence-electron chi connectivity index (χ0n) is 16.4. The number of hydrogen-bond donors (Lipinski definition) is 1. The molecule has 0 atom stereocenters. The molecule has 0 aliphatic carbocycles. The van der Waals surface area contributed by atoms with Gasteiger partial charge in [-0.05, 0) is 61.0 Å². The highest BCUT2D eigenvalue weighted by atomic mass is 35.5. The van der Waals surface area contributed by atoms with Crippen LogP contribution in [0.15, 0.2) is 72.1 Å². The fourth-order valence-electron chi connectivity index (χ4n) is 2.87. The summed E-state index contributed by atoms with van der Waals surface area (Å²) in [6, 6.07) is 15.0. The Bertz CT molecular complexity index is 1210. The Hall–Kier alpha value is -3.23. The molecular weight excluding hydrogens is 437 g/mol. The van der Waals surface area contributed by atoms with E-state index in [-0.39, 0.29) is 17.5 Å². The van der Waals surface area contributed by atoms with Crippen LogP contribution in [0.5, 0.6) is 0 Å². The molecule has 1 amide bonds. The lowest BCUT2D eigenvalue weighted by molar-refractivity contribution is -0.113. The van der Waals surface area contributed by atoms with Crippen LogP contribution in [-0.4, -0.2) is 31.4 Å². The molecule has 0 bridgehead atoms. The number of hydrogen-bond acceptors (Lipinski definition) is 5. The minimum absolute atomic E-state index is 0.112. The van der Waals surface area contributed by atoms with Crippen molar-refractivity contribution in [1.29, 1.82) is 0 Å². The standard InChI is InChI=1S/C22H17ClFN5OS/c1-14-2-5-17(12-19(14)23)26-20(30)13-31-22-28-27-21(15-8-10-25-11-9-15)29(22)18-6-3-16(24)4-7-18/h2-12H,13H2,1H3,(H,26,30). The van der Waals surface area contributed by atoms with Crippen LogP contribution in [0.25, 0.3) is 17.1 Å². The summed E-state index contributed by atoms with van der Waals surface area (Å²) in [6.07, 6.45) is 3.32. The predicted molar refractivity (Wildman–Crippen MR) is 120 cm³/mol. The lowest BCUT2D eigenvalue weighted by Crippen LogP contribution is -2.14. The second-order valence-corrected chi connectivity index (χ2v) is 8.00. The van der Waals surface area contributed by atoms with E-state index in [0.717, 1.165) is 11.1 Å². The van der Waals surface area contributed by atoms with Gasteiger partial charge in [-0.15, -0.1) is 10.2 Å². The Balaban J connectivity index is 1.57. The number of halogens is 2. The van der Waals surface area contributed by atoms with E-state index in [1.807, 2.05) is 25.1 Å². The number of nitrogens with zero attached hydrogens (tertiary/aromatic N) is 4. The van der Waals surface area contributed by atoms with E-state index in [4.69, 9.17) is 11.6 Å². The van der Waals surface area contributed by atoms with Gasteiger partial charge in [-0.25, -0.2) is 4.39 Å². The molecule has 0 fully saturated rings. The number of aryl methyl sites for hydroxylation is 1. The van der Waals surface area contributed by atoms with Crippen LogP contribution in [0.1, 0.15) is 5.56 Å². The van der Waals surface area contributed by atoms with Crippen LogP contribution in [0.3, 0.4) is 0 Å². The van der Waals surface area contributed by atoms with E-state index in [9.17, 15) is 9.18 Å². The number of carbonyl (C=O) groups is 1. The summed E-state index contributed by atoms with van der Waals surface area (Å²) in [4.78, 5) is 16.5. The van der Waals surface area contributed by atoms with Crippen LogP contribution in [0.2, 0.25) is 5.02 Å². The zero-order chi connectivity index (χ0) is 21.8. The number of carbonyl (C=O) groups excluding carboxylic acids is 1. The Morgan fingerprint density at radius 1 is 1.10 bits per heavy atom. The van der Waals surface area contributed by atoms with Crippen LogP contribution < -0.4 is 5.32 Å². The lowest BCUT2D eigenvalue weighted by atomic mass is 10.2. The molecule has 0 spiro atoms. The first-order valence-electron chi connectivity index (χ1n) is 9.32. The molecule has 0 aliphatic heterocycles. The predicted octanol–water partition coefficient (Wildman–Crippen LogP) is 5.16. The number of anilines is 1. The molecule has 4 aromatic rings. The average molecular weight is 454 g/mol. The second-order valence-electron chi connectivity index (χ2n) is 6.65. The smallest absolute Gasteiger partial charge is 0.234 e. The number of aromatic nitrogens is 4. The fourth-order valence-corrected chi connectivity index (χ4v) is 3.80. The van der Waals surface area contributed by atoms with Gasteiger partial charge in [-0.1, -0.05) is 29.4 Å². The monoisotopic (exact) mass is 453 g/mol. The van der Waals surface area contributed by atoms with Gasteiger partial charge in [-0.2, -0.15) is 0 Å². The largest absolute Gasteiger partial charge is 0.325 e. The molecule has 0 aliphatic rings. The SMILES string of the molecule is Cc1ccc(NC(=O)CSc2nnc(-c3ccncc3)n2-c2ccc(F)cc2)cc1Cl. The Labute approximate surface area is 187 Å². The molecule has 2 aromatic carbocycles. The molecule has 4 rings (SSSR count). The fraction of sp³-hybridized carbons (Fsp3) is 0.0909. The molecule has 9 heteroatoms. The van der Waals surface area contributed by atoms with Crippen molar-refractivity contribution in [3.8, 4) is 17.1 Å². The minimum Gasteiger partial charge on any atom is -0.325 e. The molecule has 2 heterocycles. The summed E-state index contributed by atoms with van der Waals surface area (Å²) >= 11 is 7.35. The van der Waals surface area contributed by atoms with E-state index < -0.39 is 0 Å². The number of benzene rings is 2. The van der Waals surface area contributed by atoms with Gasteiger partial charge in [0.25, 0.3) is 0 Å².